The van der Waals surface area contributed by atoms with Crippen LogP contribution in [0, 0.1) is 11.3 Å². The van der Waals surface area contributed by atoms with E-state index in [4.69, 9.17) is 4.74 Å². The third-order valence-corrected chi connectivity index (χ3v) is 4.01. The quantitative estimate of drug-likeness (QED) is 0.714. The van der Waals surface area contributed by atoms with Gasteiger partial charge in [-0.2, -0.15) is 0 Å². The van der Waals surface area contributed by atoms with Crippen LogP contribution in [0.15, 0.2) is 0 Å². The summed E-state index contributed by atoms with van der Waals surface area (Å²) in [4.78, 5) is 0. The molecule has 2 heterocycles. The molecule has 0 bridgehead atoms. The fourth-order valence-corrected chi connectivity index (χ4v) is 3.10. The SMILES string of the molecule is CC(C)C1OC2(CCNCC2)NCC1(C)C. The normalized spacial score (nSPS) is 33.2. The van der Waals surface area contributed by atoms with Crippen LogP contribution in [0.2, 0.25) is 0 Å². The van der Waals surface area contributed by atoms with Gasteiger partial charge in [0.05, 0.1) is 6.10 Å². The number of nitrogens with one attached hydrogen (secondary N) is 2. The Morgan fingerprint density at radius 1 is 1.19 bits per heavy atom. The maximum absolute atomic E-state index is 6.44. The Balaban J connectivity index is 2.10. The van der Waals surface area contributed by atoms with Gasteiger partial charge in [-0.1, -0.05) is 27.7 Å². The minimum Gasteiger partial charge on any atom is -0.356 e. The lowest BCUT2D eigenvalue weighted by Crippen LogP contribution is -2.65. The second-order valence-electron chi connectivity index (χ2n) is 6.37. The van der Waals surface area contributed by atoms with Crippen molar-refractivity contribution in [2.75, 3.05) is 19.6 Å². The molecule has 1 atom stereocenters. The number of hydrogen-bond acceptors (Lipinski definition) is 3. The van der Waals surface area contributed by atoms with Crippen molar-refractivity contribution < 1.29 is 4.74 Å². The molecule has 1 spiro atoms. The lowest BCUT2D eigenvalue weighted by atomic mass is 9.77. The Morgan fingerprint density at radius 2 is 1.81 bits per heavy atom. The van der Waals surface area contributed by atoms with E-state index in [0.29, 0.717) is 12.0 Å². The number of hydrogen-bond donors (Lipinski definition) is 2. The van der Waals surface area contributed by atoms with E-state index in [1.165, 1.54) is 0 Å². The molecule has 0 radical (unpaired) electrons. The summed E-state index contributed by atoms with van der Waals surface area (Å²) in [6.07, 6.45) is 2.55. The van der Waals surface area contributed by atoms with Gasteiger partial charge in [0.1, 0.15) is 5.72 Å². The van der Waals surface area contributed by atoms with Crippen molar-refractivity contribution in [2.24, 2.45) is 11.3 Å². The Morgan fingerprint density at radius 3 is 2.38 bits per heavy atom. The third-order valence-electron chi connectivity index (χ3n) is 4.01. The van der Waals surface area contributed by atoms with E-state index in [0.717, 1.165) is 32.5 Å². The molecule has 0 aromatic carbocycles. The van der Waals surface area contributed by atoms with E-state index < -0.39 is 0 Å². The van der Waals surface area contributed by atoms with Gasteiger partial charge in [0, 0.05) is 24.8 Å². The predicted molar refractivity (Wildman–Crippen MR) is 66.3 cm³/mol. The van der Waals surface area contributed by atoms with Crippen LogP contribution < -0.4 is 10.6 Å². The summed E-state index contributed by atoms with van der Waals surface area (Å²) < 4.78 is 6.44. The van der Waals surface area contributed by atoms with Crippen LogP contribution in [0.1, 0.15) is 40.5 Å². The van der Waals surface area contributed by atoms with Crippen molar-refractivity contribution >= 4 is 0 Å². The van der Waals surface area contributed by atoms with E-state index in [-0.39, 0.29) is 11.1 Å². The topological polar surface area (TPSA) is 33.3 Å². The Kier molecular flexibility index (Phi) is 3.30. The Labute approximate surface area is 99.3 Å². The highest BCUT2D eigenvalue weighted by Crippen LogP contribution is 2.38. The van der Waals surface area contributed by atoms with Gasteiger partial charge >= 0.3 is 0 Å². The largest absolute Gasteiger partial charge is 0.356 e. The Hall–Kier alpha value is -0.120. The lowest BCUT2D eigenvalue weighted by molar-refractivity contribution is -0.212. The first kappa shape index (κ1) is 12.3. The van der Waals surface area contributed by atoms with Crippen LogP contribution >= 0.6 is 0 Å². The van der Waals surface area contributed by atoms with Crippen molar-refractivity contribution in [1.82, 2.24) is 10.6 Å². The summed E-state index contributed by atoms with van der Waals surface area (Å²) in [5, 5.41) is 7.05. The summed E-state index contributed by atoms with van der Waals surface area (Å²) in [5.41, 5.74) is 0.194. The van der Waals surface area contributed by atoms with Gasteiger partial charge in [-0.05, 0) is 19.0 Å². The number of piperidine rings is 1. The molecule has 0 amide bonds. The average Bonchev–Trinajstić information content (AvgIpc) is 2.23. The van der Waals surface area contributed by atoms with Crippen molar-refractivity contribution in [1.29, 1.82) is 0 Å². The highest BCUT2D eigenvalue weighted by molar-refractivity contribution is 4.96. The van der Waals surface area contributed by atoms with Crippen LogP contribution in [-0.2, 0) is 4.74 Å². The standard InChI is InChI=1S/C13H26N2O/c1-10(2)11-12(3,4)9-15-13(16-11)5-7-14-8-6-13/h10-11,14-15H,5-9H2,1-4H3. The molecule has 0 aliphatic carbocycles. The van der Waals surface area contributed by atoms with Crippen molar-refractivity contribution in [2.45, 2.75) is 52.4 Å². The minimum absolute atomic E-state index is 0.0459. The second-order valence-corrected chi connectivity index (χ2v) is 6.37. The fourth-order valence-electron chi connectivity index (χ4n) is 3.10. The molecule has 94 valence electrons. The van der Waals surface area contributed by atoms with Crippen molar-refractivity contribution in [3.05, 3.63) is 0 Å². The van der Waals surface area contributed by atoms with Gasteiger partial charge in [0.15, 0.2) is 0 Å². The molecule has 2 N–H and O–H groups in total. The molecule has 3 nitrogen and oxygen atoms in total. The van der Waals surface area contributed by atoms with Gasteiger partial charge in [-0.3, -0.25) is 5.32 Å². The minimum atomic E-state index is -0.0459. The molecule has 2 saturated heterocycles. The summed E-state index contributed by atoms with van der Waals surface area (Å²) in [6.45, 7) is 12.3. The van der Waals surface area contributed by atoms with Crippen LogP contribution in [0.4, 0.5) is 0 Å². The van der Waals surface area contributed by atoms with E-state index in [1.807, 2.05) is 0 Å². The number of rotatable bonds is 1. The van der Waals surface area contributed by atoms with Gasteiger partial charge < -0.3 is 10.1 Å². The summed E-state index contributed by atoms with van der Waals surface area (Å²) in [6, 6.07) is 0. The van der Waals surface area contributed by atoms with Crippen molar-refractivity contribution in [3.63, 3.8) is 0 Å². The van der Waals surface area contributed by atoms with Gasteiger partial charge in [0.25, 0.3) is 0 Å². The first-order chi connectivity index (χ1) is 7.45. The van der Waals surface area contributed by atoms with E-state index in [2.05, 4.69) is 38.3 Å². The summed E-state index contributed by atoms with van der Waals surface area (Å²) in [5.74, 6) is 0.587. The third kappa shape index (κ3) is 2.27. The second kappa shape index (κ2) is 4.28. The molecule has 1 unspecified atom stereocenters. The highest BCUT2D eigenvalue weighted by Gasteiger charge is 2.46. The zero-order valence-corrected chi connectivity index (χ0v) is 11.1. The van der Waals surface area contributed by atoms with Crippen LogP contribution in [0.5, 0.6) is 0 Å². The zero-order chi connectivity index (χ0) is 11.8. The van der Waals surface area contributed by atoms with Crippen LogP contribution in [-0.4, -0.2) is 31.5 Å². The molecule has 0 saturated carbocycles. The molecule has 0 aromatic heterocycles. The van der Waals surface area contributed by atoms with Crippen LogP contribution in [0.25, 0.3) is 0 Å². The maximum Gasteiger partial charge on any atom is 0.122 e. The van der Waals surface area contributed by atoms with E-state index in [9.17, 15) is 0 Å². The first-order valence-electron chi connectivity index (χ1n) is 6.59. The number of ether oxygens (including phenoxy) is 1. The maximum atomic E-state index is 6.44. The molecular weight excluding hydrogens is 200 g/mol. The smallest absolute Gasteiger partial charge is 0.122 e. The predicted octanol–water partition coefficient (Wildman–Crippen LogP) is 1.74. The van der Waals surface area contributed by atoms with Crippen molar-refractivity contribution in [3.8, 4) is 0 Å². The molecule has 2 aliphatic heterocycles. The Bertz CT molecular complexity index is 244. The summed E-state index contributed by atoms with van der Waals surface area (Å²) in [7, 11) is 0. The average molecular weight is 226 g/mol. The molecular formula is C13H26N2O. The molecule has 0 aromatic rings. The fraction of sp³-hybridized carbons (Fsp3) is 1.00. The molecule has 3 heteroatoms. The van der Waals surface area contributed by atoms with Crippen LogP contribution in [0.3, 0.4) is 0 Å². The van der Waals surface area contributed by atoms with Gasteiger partial charge in [-0.15, -0.1) is 0 Å². The van der Waals surface area contributed by atoms with Gasteiger partial charge in [0.2, 0.25) is 0 Å². The monoisotopic (exact) mass is 226 g/mol. The molecule has 16 heavy (non-hydrogen) atoms. The van der Waals surface area contributed by atoms with E-state index >= 15 is 0 Å². The lowest BCUT2D eigenvalue weighted by Gasteiger charge is -2.52. The highest BCUT2D eigenvalue weighted by atomic mass is 16.5. The zero-order valence-electron chi connectivity index (χ0n) is 11.1. The molecule has 2 rings (SSSR count). The summed E-state index contributed by atoms with van der Waals surface area (Å²) >= 11 is 0. The molecule has 2 aliphatic rings. The molecule has 2 fully saturated rings. The van der Waals surface area contributed by atoms with Gasteiger partial charge in [-0.25, -0.2) is 0 Å². The van der Waals surface area contributed by atoms with E-state index in [1.54, 1.807) is 0 Å². The first-order valence-corrected chi connectivity index (χ1v) is 6.59.